The van der Waals surface area contributed by atoms with Crippen LogP contribution in [0.25, 0.3) is 11.0 Å². The third kappa shape index (κ3) is 6.87. The van der Waals surface area contributed by atoms with E-state index in [-0.39, 0.29) is 12.2 Å². The summed E-state index contributed by atoms with van der Waals surface area (Å²) in [6.07, 6.45) is -4.44. The molecule has 1 aliphatic rings. The largest absolute Gasteiger partial charge is 0.479 e. The number of likely N-dealkylation sites (N-methyl/N-ethyl adjacent to an activating group) is 1. The van der Waals surface area contributed by atoms with Crippen molar-refractivity contribution in [3.05, 3.63) is 46.8 Å². The van der Waals surface area contributed by atoms with Crippen molar-refractivity contribution in [1.29, 1.82) is 0 Å². The number of halogens is 3. The lowest BCUT2D eigenvalue weighted by molar-refractivity contribution is -0.138. The monoisotopic (exact) mass is 548 g/mol. The highest BCUT2D eigenvalue weighted by Crippen LogP contribution is 2.37. The smallest absolute Gasteiger partial charge is 0.416 e. The van der Waals surface area contributed by atoms with E-state index in [9.17, 15) is 13.2 Å². The van der Waals surface area contributed by atoms with Gasteiger partial charge in [-0.15, -0.1) is 0 Å². The zero-order valence-electron chi connectivity index (χ0n) is 22.9. The number of fused-ring (bicyclic) bond motifs is 1. The van der Waals surface area contributed by atoms with Crippen molar-refractivity contribution in [2.45, 2.75) is 32.7 Å². The van der Waals surface area contributed by atoms with E-state index in [0.29, 0.717) is 67.0 Å². The molecule has 0 amide bonds. The molecule has 1 atom stereocenters. The van der Waals surface area contributed by atoms with Gasteiger partial charge in [-0.05, 0) is 51.2 Å². The van der Waals surface area contributed by atoms with Crippen LogP contribution in [0.1, 0.15) is 35.5 Å². The van der Waals surface area contributed by atoms with Crippen molar-refractivity contribution >= 4 is 22.5 Å². The van der Waals surface area contributed by atoms with Gasteiger partial charge in [-0.3, -0.25) is 0 Å². The topological polar surface area (TPSA) is 84.9 Å². The summed E-state index contributed by atoms with van der Waals surface area (Å²) in [6.45, 7) is 7.18. The predicted octanol–water partition coefficient (Wildman–Crippen LogP) is 4.45. The van der Waals surface area contributed by atoms with Crippen LogP contribution < -0.4 is 15.0 Å². The number of rotatable bonds is 10. The lowest BCUT2D eigenvalue weighted by atomic mass is 9.97. The number of anilines is 2. The summed E-state index contributed by atoms with van der Waals surface area (Å²) in [5, 5.41) is 3.96. The maximum Gasteiger partial charge on any atom is 0.416 e. The summed E-state index contributed by atoms with van der Waals surface area (Å²) in [5.74, 6) is 1.29. The van der Waals surface area contributed by atoms with Crippen molar-refractivity contribution in [3.8, 4) is 5.88 Å². The molecule has 12 heteroatoms. The maximum absolute atomic E-state index is 13.6. The Bertz CT molecular complexity index is 1280. The second-order valence-corrected chi connectivity index (χ2v) is 9.72. The molecule has 1 saturated heterocycles. The molecule has 2 aromatic heterocycles. The van der Waals surface area contributed by atoms with Gasteiger partial charge in [-0.2, -0.15) is 18.2 Å². The van der Waals surface area contributed by atoms with Crippen LogP contribution in [0.5, 0.6) is 5.88 Å². The third-order valence-corrected chi connectivity index (χ3v) is 6.64. The van der Waals surface area contributed by atoms with Crippen LogP contribution in [0.15, 0.2) is 24.3 Å². The van der Waals surface area contributed by atoms with Crippen molar-refractivity contribution in [3.63, 3.8) is 0 Å². The number of morpholine rings is 1. The van der Waals surface area contributed by atoms with Crippen molar-refractivity contribution < 1.29 is 27.4 Å². The molecule has 1 aliphatic heterocycles. The zero-order valence-corrected chi connectivity index (χ0v) is 22.9. The van der Waals surface area contributed by atoms with Gasteiger partial charge in [0.25, 0.3) is 0 Å². The normalized spacial score (nSPS) is 15.2. The fourth-order valence-corrected chi connectivity index (χ4v) is 4.55. The highest BCUT2D eigenvalue weighted by atomic mass is 19.4. The van der Waals surface area contributed by atoms with Crippen LogP contribution in [-0.4, -0.2) is 80.5 Å². The van der Waals surface area contributed by atoms with Crippen molar-refractivity contribution in [2.75, 3.05) is 70.9 Å². The second kappa shape index (κ2) is 12.3. The van der Waals surface area contributed by atoms with Gasteiger partial charge < -0.3 is 29.3 Å². The number of pyridine rings is 1. The fourth-order valence-electron chi connectivity index (χ4n) is 4.55. The van der Waals surface area contributed by atoms with E-state index in [1.54, 1.807) is 13.2 Å². The molecule has 3 aromatic rings. The van der Waals surface area contributed by atoms with Crippen LogP contribution in [0.3, 0.4) is 0 Å². The fraction of sp³-hybridized carbons (Fsp3) is 0.519. The van der Waals surface area contributed by atoms with Crippen LogP contribution >= 0.6 is 0 Å². The first-order valence-electron chi connectivity index (χ1n) is 12.8. The van der Waals surface area contributed by atoms with Gasteiger partial charge in [0.05, 0.1) is 43.9 Å². The third-order valence-electron chi connectivity index (χ3n) is 6.64. The first-order valence-corrected chi connectivity index (χ1v) is 12.8. The number of nitrogens with zero attached hydrogens (tertiary/aromatic N) is 5. The molecule has 1 N–H and O–H groups in total. The Morgan fingerprint density at radius 3 is 2.56 bits per heavy atom. The number of ether oxygens (including phenoxy) is 3. The van der Waals surface area contributed by atoms with E-state index in [1.807, 2.05) is 32.0 Å². The molecule has 212 valence electrons. The Morgan fingerprint density at radius 1 is 1.15 bits per heavy atom. The number of hydrogen-bond donors (Lipinski definition) is 1. The van der Waals surface area contributed by atoms with Gasteiger partial charge >= 0.3 is 6.18 Å². The Hall–Kier alpha value is -3.22. The molecule has 0 unspecified atom stereocenters. The average Bonchev–Trinajstić information content (AvgIpc) is 2.90. The average molecular weight is 549 g/mol. The molecule has 4 rings (SSSR count). The van der Waals surface area contributed by atoms with Crippen LogP contribution in [0.2, 0.25) is 0 Å². The number of benzene rings is 1. The molecular formula is C27H35F3N6O3. The standard InChI is InChI=1S/C27H35F3N6O3/c1-17-19(7-6-8-21(17)27(28,29)30)18(2)31-24-20-15-22(36-10-13-38-14-11-36)26(37-5)34-25(20)33-23(32-24)16-39-12-9-35(3)4/h6-8,15,18H,9-14,16H2,1-5H3,(H,31,32,33,34)/t18-/m1/s1. The van der Waals surface area contributed by atoms with E-state index in [2.05, 4.69) is 20.2 Å². The van der Waals surface area contributed by atoms with Crippen molar-refractivity contribution in [2.24, 2.45) is 0 Å². The predicted molar refractivity (Wildman–Crippen MR) is 143 cm³/mol. The summed E-state index contributed by atoms with van der Waals surface area (Å²) < 4.78 is 57.6. The molecule has 9 nitrogen and oxygen atoms in total. The van der Waals surface area contributed by atoms with E-state index < -0.39 is 17.8 Å². The highest BCUT2D eigenvalue weighted by molar-refractivity contribution is 5.90. The van der Waals surface area contributed by atoms with Gasteiger partial charge in [-0.1, -0.05) is 12.1 Å². The summed E-state index contributed by atoms with van der Waals surface area (Å²) in [6, 6.07) is 5.64. The molecule has 1 aromatic carbocycles. The van der Waals surface area contributed by atoms with Gasteiger partial charge in [0.1, 0.15) is 18.1 Å². The first-order chi connectivity index (χ1) is 18.6. The van der Waals surface area contributed by atoms with Gasteiger partial charge in [0.15, 0.2) is 11.5 Å². The van der Waals surface area contributed by atoms with Gasteiger partial charge in [0, 0.05) is 19.6 Å². The number of aromatic nitrogens is 3. The minimum atomic E-state index is -4.44. The number of hydrogen-bond acceptors (Lipinski definition) is 9. The molecule has 0 saturated carbocycles. The van der Waals surface area contributed by atoms with E-state index in [4.69, 9.17) is 19.2 Å². The van der Waals surface area contributed by atoms with Crippen LogP contribution in [0, 0.1) is 6.92 Å². The van der Waals surface area contributed by atoms with E-state index in [1.165, 1.54) is 13.0 Å². The maximum atomic E-state index is 13.6. The molecule has 3 heterocycles. The molecular weight excluding hydrogens is 513 g/mol. The highest BCUT2D eigenvalue weighted by Gasteiger charge is 2.33. The SMILES string of the molecule is COc1nc2nc(COCCN(C)C)nc(N[C@H](C)c3cccc(C(F)(F)F)c3C)c2cc1N1CCOCC1. The molecule has 39 heavy (non-hydrogen) atoms. The zero-order chi connectivity index (χ0) is 28.2. The Kier molecular flexibility index (Phi) is 9.08. The van der Waals surface area contributed by atoms with Crippen molar-refractivity contribution in [1.82, 2.24) is 19.9 Å². The number of nitrogens with one attached hydrogen (secondary N) is 1. The Morgan fingerprint density at radius 2 is 1.90 bits per heavy atom. The summed E-state index contributed by atoms with van der Waals surface area (Å²) in [5.41, 5.74) is 1.22. The number of alkyl halides is 3. The van der Waals surface area contributed by atoms with E-state index in [0.717, 1.165) is 18.3 Å². The molecule has 0 bridgehead atoms. The quantitative estimate of drug-likeness (QED) is 0.370. The van der Waals surface area contributed by atoms with E-state index >= 15 is 0 Å². The number of methoxy groups -OCH3 is 1. The Labute approximate surface area is 226 Å². The second-order valence-electron chi connectivity index (χ2n) is 9.72. The molecule has 0 aliphatic carbocycles. The minimum Gasteiger partial charge on any atom is -0.479 e. The Balaban J connectivity index is 1.74. The molecule has 0 spiro atoms. The van der Waals surface area contributed by atoms with Gasteiger partial charge in [0.2, 0.25) is 5.88 Å². The first kappa shape index (κ1) is 28.8. The summed E-state index contributed by atoms with van der Waals surface area (Å²) in [4.78, 5) is 18.1. The van der Waals surface area contributed by atoms with Crippen LogP contribution in [-0.2, 0) is 22.3 Å². The van der Waals surface area contributed by atoms with Crippen LogP contribution in [0.4, 0.5) is 24.7 Å². The summed E-state index contributed by atoms with van der Waals surface area (Å²) in [7, 11) is 5.47. The van der Waals surface area contributed by atoms with Gasteiger partial charge in [-0.25, -0.2) is 9.97 Å². The minimum absolute atomic E-state index is 0.157. The molecule has 0 radical (unpaired) electrons. The lowest BCUT2D eigenvalue weighted by Gasteiger charge is -2.30. The lowest BCUT2D eigenvalue weighted by Crippen LogP contribution is -2.36. The summed E-state index contributed by atoms with van der Waals surface area (Å²) >= 11 is 0. The molecule has 1 fully saturated rings.